The van der Waals surface area contributed by atoms with Crippen molar-refractivity contribution in [1.82, 2.24) is 0 Å². The van der Waals surface area contributed by atoms with Gasteiger partial charge >= 0.3 is 0 Å². The van der Waals surface area contributed by atoms with E-state index in [-0.39, 0.29) is 0 Å². The van der Waals surface area contributed by atoms with E-state index in [9.17, 15) is 0 Å². The van der Waals surface area contributed by atoms with Crippen LogP contribution in [0.2, 0.25) is 0 Å². The molecular weight excluding hydrogens is 222 g/mol. The molecule has 18 heavy (non-hydrogen) atoms. The molecule has 0 spiro atoms. The van der Waals surface area contributed by atoms with Crippen LogP contribution in [0.25, 0.3) is 0 Å². The highest BCUT2D eigenvalue weighted by atomic mass is 16.5. The summed E-state index contributed by atoms with van der Waals surface area (Å²) in [5.41, 5.74) is 9.35. The number of aryl methyl sites for hydroxylation is 1. The third-order valence-electron chi connectivity index (χ3n) is 3.32. The molecule has 2 nitrogen and oxygen atoms in total. The van der Waals surface area contributed by atoms with E-state index >= 15 is 0 Å². The maximum Gasteiger partial charge on any atom is 0.119 e. The monoisotopic (exact) mass is 241 g/mol. The van der Waals surface area contributed by atoms with Crippen LogP contribution in [-0.2, 0) is 5.54 Å². The Hall–Kier alpha value is -1.80. The molecule has 0 saturated heterocycles. The molecule has 2 rings (SSSR count). The Labute approximate surface area is 108 Å². The second-order valence-electron chi connectivity index (χ2n) is 4.80. The molecule has 0 radical (unpaired) electrons. The predicted molar refractivity (Wildman–Crippen MR) is 74.8 cm³/mol. The first-order chi connectivity index (χ1) is 8.54. The van der Waals surface area contributed by atoms with Gasteiger partial charge in [-0.1, -0.05) is 42.0 Å². The molecule has 0 heterocycles. The van der Waals surface area contributed by atoms with Crippen molar-refractivity contribution in [2.24, 2.45) is 5.73 Å². The van der Waals surface area contributed by atoms with Crippen LogP contribution in [0.5, 0.6) is 5.75 Å². The summed E-state index contributed by atoms with van der Waals surface area (Å²) in [5.74, 6) is 0.830. The van der Waals surface area contributed by atoms with Crippen molar-refractivity contribution in [3.8, 4) is 5.75 Å². The Morgan fingerprint density at radius 1 is 1.00 bits per heavy atom. The van der Waals surface area contributed by atoms with Gasteiger partial charge in [-0.2, -0.15) is 0 Å². The Morgan fingerprint density at radius 2 is 1.67 bits per heavy atom. The van der Waals surface area contributed by atoms with Gasteiger partial charge in [0.15, 0.2) is 0 Å². The molecule has 0 fully saturated rings. The lowest BCUT2D eigenvalue weighted by molar-refractivity contribution is 0.413. The summed E-state index contributed by atoms with van der Waals surface area (Å²) in [6.07, 6.45) is 0. The van der Waals surface area contributed by atoms with Gasteiger partial charge in [-0.05, 0) is 37.1 Å². The second kappa shape index (κ2) is 4.83. The average Bonchev–Trinajstić information content (AvgIpc) is 2.39. The molecule has 0 aliphatic heterocycles. The van der Waals surface area contributed by atoms with Crippen molar-refractivity contribution >= 4 is 0 Å². The van der Waals surface area contributed by atoms with E-state index in [1.165, 1.54) is 5.56 Å². The van der Waals surface area contributed by atoms with Crippen LogP contribution in [0.15, 0.2) is 48.5 Å². The van der Waals surface area contributed by atoms with Gasteiger partial charge in [0.05, 0.1) is 12.6 Å². The molecule has 94 valence electrons. The molecule has 0 aliphatic carbocycles. The van der Waals surface area contributed by atoms with E-state index in [0.717, 1.165) is 16.9 Å². The highest BCUT2D eigenvalue weighted by molar-refractivity contribution is 5.41. The van der Waals surface area contributed by atoms with Crippen LogP contribution in [0, 0.1) is 6.92 Å². The Morgan fingerprint density at radius 3 is 2.28 bits per heavy atom. The van der Waals surface area contributed by atoms with E-state index in [4.69, 9.17) is 10.5 Å². The van der Waals surface area contributed by atoms with Crippen LogP contribution < -0.4 is 10.5 Å². The molecule has 1 atom stereocenters. The van der Waals surface area contributed by atoms with E-state index in [0.29, 0.717) is 0 Å². The molecule has 2 heteroatoms. The predicted octanol–water partition coefficient (Wildman–Crippen LogP) is 3.23. The molecule has 2 aromatic rings. The number of benzene rings is 2. The SMILES string of the molecule is COc1cccc(C(C)(N)c2ccc(C)cc2)c1. The van der Waals surface area contributed by atoms with Gasteiger partial charge in [-0.15, -0.1) is 0 Å². The Balaban J connectivity index is 2.43. The van der Waals surface area contributed by atoms with Crippen molar-refractivity contribution in [2.45, 2.75) is 19.4 Å². The lowest BCUT2D eigenvalue weighted by Crippen LogP contribution is -2.34. The number of methoxy groups -OCH3 is 1. The van der Waals surface area contributed by atoms with Crippen molar-refractivity contribution in [2.75, 3.05) is 7.11 Å². The van der Waals surface area contributed by atoms with Crippen LogP contribution in [-0.4, -0.2) is 7.11 Å². The summed E-state index contributed by atoms with van der Waals surface area (Å²) in [7, 11) is 1.67. The summed E-state index contributed by atoms with van der Waals surface area (Å²) >= 11 is 0. The van der Waals surface area contributed by atoms with Gasteiger partial charge in [-0.3, -0.25) is 0 Å². The maximum absolute atomic E-state index is 6.48. The van der Waals surface area contributed by atoms with Crippen molar-refractivity contribution in [1.29, 1.82) is 0 Å². The van der Waals surface area contributed by atoms with Crippen molar-refractivity contribution in [3.63, 3.8) is 0 Å². The largest absolute Gasteiger partial charge is 0.497 e. The number of nitrogens with two attached hydrogens (primary N) is 1. The third-order valence-corrected chi connectivity index (χ3v) is 3.32. The van der Waals surface area contributed by atoms with Crippen LogP contribution >= 0.6 is 0 Å². The molecule has 0 bridgehead atoms. The zero-order valence-electron chi connectivity index (χ0n) is 11.1. The quantitative estimate of drug-likeness (QED) is 0.895. The highest BCUT2D eigenvalue weighted by Gasteiger charge is 2.23. The minimum atomic E-state index is -0.512. The minimum Gasteiger partial charge on any atom is -0.497 e. The molecule has 0 aliphatic rings. The van der Waals surface area contributed by atoms with Crippen LogP contribution in [0.1, 0.15) is 23.6 Å². The number of hydrogen-bond acceptors (Lipinski definition) is 2. The molecule has 2 N–H and O–H groups in total. The third kappa shape index (κ3) is 2.39. The Bertz CT molecular complexity index is 529. The van der Waals surface area contributed by atoms with Gasteiger partial charge in [0.25, 0.3) is 0 Å². The fraction of sp³-hybridized carbons (Fsp3) is 0.250. The lowest BCUT2D eigenvalue weighted by Gasteiger charge is -2.26. The fourth-order valence-electron chi connectivity index (χ4n) is 2.01. The van der Waals surface area contributed by atoms with Crippen molar-refractivity contribution in [3.05, 3.63) is 65.2 Å². The van der Waals surface area contributed by atoms with Gasteiger partial charge in [0, 0.05) is 0 Å². The van der Waals surface area contributed by atoms with Gasteiger partial charge < -0.3 is 10.5 Å². The number of hydrogen-bond donors (Lipinski definition) is 1. The zero-order valence-corrected chi connectivity index (χ0v) is 11.1. The fourth-order valence-corrected chi connectivity index (χ4v) is 2.01. The summed E-state index contributed by atoms with van der Waals surface area (Å²) in [5, 5.41) is 0. The topological polar surface area (TPSA) is 35.2 Å². The number of rotatable bonds is 3. The smallest absolute Gasteiger partial charge is 0.119 e. The second-order valence-corrected chi connectivity index (χ2v) is 4.80. The summed E-state index contributed by atoms with van der Waals surface area (Å²) < 4.78 is 5.25. The van der Waals surface area contributed by atoms with Gasteiger partial charge in [0.2, 0.25) is 0 Å². The first-order valence-electron chi connectivity index (χ1n) is 6.04. The highest BCUT2D eigenvalue weighted by Crippen LogP contribution is 2.28. The summed E-state index contributed by atoms with van der Waals surface area (Å²) in [6.45, 7) is 4.09. The zero-order chi connectivity index (χ0) is 13.2. The first-order valence-corrected chi connectivity index (χ1v) is 6.04. The van der Waals surface area contributed by atoms with Crippen LogP contribution in [0.3, 0.4) is 0 Å². The molecule has 0 amide bonds. The molecule has 0 aromatic heterocycles. The summed E-state index contributed by atoms with van der Waals surface area (Å²) in [6, 6.07) is 16.2. The van der Waals surface area contributed by atoms with E-state index in [1.54, 1.807) is 7.11 Å². The molecular formula is C16H19NO. The van der Waals surface area contributed by atoms with Crippen LogP contribution in [0.4, 0.5) is 0 Å². The molecule has 0 saturated carbocycles. The summed E-state index contributed by atoms with van der Waals surface area (Å²) in [4.78, 5) is 0. The lowest BCUT2D eigenvalue weighted by atomic mass is 9.85. The van der Waals surface area contributed by atoms with E-state index < -0.39 is 5.54 Å². The van der Waals surface area contributed by atoms with Crippen molar-refractivity contribution < 1.29 is 4.74 Å². The van der Waals surface area contributed by atoms with Gasteiger partial charge in [0.1, 0.15) is 5.75 Å². The Kier molecular flexibility index (Phi) is 3.39. The first kappa shape index (κ1) is 12.7. The molecule has 2 aromatic carbocycles. The maximum atomic E-state index is 6.48. The molecule has 1 unspecified atom stereocenters. The minimum absolute atomic E-state index is 0.512. The average molecular weight is 241 g/mol. The van der Waals surface area contributed by atoms with E-state index in [1.807, 2.05) is 31.2 Å². The number of ether oxygens (including phenoxy) is 1. The normalized spacial score (nSPS) is 14.0. The van der Waals surface area contributed by atoms with Gasteiger partial charge in [-0.25, -0.2) is 0 Å². The standard InChI is InChI=1S/C16H19NO/c1-12-7-9-13(10-8-12)16(2,17)14-5-4-6-15(11-14)18-3/h4-11H,17H2,1-3H3. The van der Waals surface area contributed by atoms with E-state index in [2.05, 4.69) is 31.2 Å².